The summed E-state index contributed by atoms with van der Waals surface area (Å²) in [6, 6.07) is 0. The lowest BCUT2D eigenvalue weighted by molar-refractivity contribution is 0.457. The number of hydrogen-bond acceptors (Lipinski definition) is 1. The van der Waals surface area contributed by atoms with Crippen LogP contribution in [0, 0.1) is 0 Å². The second-order valence-electron chi connectivity index (χ2n) is 3.70. The molecule has 0 heterocycles. The molecule has 0 fully saturated rings. The molecule has 13 heavy (non-hydrogen) atoms. The molecule has 0 radical (unpaired) electrons. The van der Waals surface area contributed by atoms with Gasteiger partial charge in [-0.2, -0.15) is 0 Å². The highest BCUT2D eigenvalue weighted by Crippen LogP contribution is 2.15. The van der Waals surface area contributed by atoms with E-state index in [0.717, 1.165) is 12.8 Å². The number of unbranched alkanes of at least 4 members (excludes halogenated alkanes) is 4. The van der Waals surface area contributed by atoms with E-state index in [-0.39, 0.29) is 0 Å². The first-order valence-corrected chi connectivity index (χ1v) is 5.67. The molecule has 0 aliphatic rings. The quantitative estimate of drug-likeness (QED) is 0.432. The van der Waals surface area contributed by atoms with E-state index in [0.29, 0.717) is 0 Å². The van der Waals surface area contributed by atoms with E-state index in [1.807, 2.05) is 0 Å². The Bertz CT molecular complexity index is 115. The zero-order valence-corrected chi connectivity index (χ0v) is 9.18. The molecule has 0 aliphatic carbocycles. The first kappa shape index (κ1) is 12.5. The predicted molar refractivity (Wildman–Crippen MR) is 59.0 cm³/mol. The fourth-order valence-electron chi connectivity index (χ4n) is 1.46. The zero-order valence-electron chi connectivity index (χ0n) is 9.18. The Morgan fingerprint density at radius 3 is 1.69 bits per heavy atom. The Hall–Kier alpha value is -0.460. The van der Waals surface area contributed by atoms with Crippen molar-refractivity contribution in [3.8, 4) is 0 Å². The zero-order chi connectivity index (χ0) is 9.94. The summed E-state index contributed by atoms with van der Waals surface area (Å²) in [5.41, 5.74) is 1.24. The maximum Gasteiger partial charge on any atom is 0.0783 e. The summed E-state index contributed by atoms with van der Waals surface area (Å²) < 4.78 is 0. The van der Waals surface area contributed by atoms with Crippen LogP contribution in [0.3, 0.4) is 0 Å². The molecule has 0 aromatic heterocycles. The van der Waals surface area contributed by atoms with E-state index in [9.17, 15) is 0 Å². The van der Waals surface area contributed by atoms with Crippen LogP contribution in [0.15, 0.2) is 11.8 Å². The second kappa shape index (κ2) is 9.63. The lowest BCUT2D eigenvalue weighted by Crippen LogP contribution is -1.86. The molecule has 0 saturated heterocycles. The van der Waals surface area contributed by atoms with Crippen LogP contribution in [-0.2, 0) is 0 Å². The molecule has 0 atom stereocenters. The first-order chi connectivity index (χ1) is 6.35. The minimum absolute atomic E-state index is 1.09. The standard InChI is InChI=1S/C12H24O/c1-3-5-7-9-12(11-13)10-8-6-4-2/h11,13H,3-10H2,1-2H3. The second-order valence-corrected chi connectivity index (χ2v) is 3.70. The third-order valence-electron chi connectivity index (χ3n) is 2.39. The molecular formula is C12H24O. The van der Waals surface area contributed by atoms with Gasteiger partial charge in [0.15, 0.2) is 0 Å². The van der Waals surface area contributed by atoms with Gasteiger partial charge < -0.3 is 5.11 Å². The third-order valence-corrected chi connectivity index (χ3v) is 2.39. The summed E-state index contributed by atoms with van der Waals surface area (Å²) in [6.07, 6.45) is 11.1. The number of allylic oxidation sites excluding steroid dienone is 1. The first-order valence-electron chi connectivity index (χ1n) is 5.67. The van der Waals surface area contributed by atoms with Crippen LogP contribution in [0.5, 0.6) is 0 Å². The Morgan fingerprint density at radius 1 is 0.923 bits per heavy atom. The Kier molecular flexibility index (Phi) is 9.29. The van der Waals surface area contributed by atoms with E-state index in [1.165, 1.54) is 50.4 Å². The average Bonchev–Trinajstić information content (AvgIpc) is 2.16. The van der Waals surface area contributed by atoms with Crippen LogP contribution >= 0.6 is 0 Å². The number of aliphatic hydroxyl groups is 1. The predicted octanol–water partition coefficient (Wildman–Crippen LogP) is 4.59. The maximum atomic E-state index is 8.96. The van der Waals surface area contributed by atoms with Crippen molar-refractivity contribution < 1.29 is 5.11 Å². The highest BCUT2D eigenvalue weighted by Gasteiger charge is 1.97. The topological polar surface area (TPSA) is 20.2 Å². The molecule has 0 bridgehead atoms. The van der Waals surface area contributed by atoms with Crippen LogP contribution < -0.4 is 0 Å². The molecule has 1 N–H and O–H groups in total. The van der Waals surface area contributed by atoms with Crippen molar-refractivity contribution in [2.45, 2.75) is 65.2 Å². The fraction of sp³-hybridized carbons (Fsp3) is 0.833. The molecule has 0 aliphatic heterocycles. The van der Waals surface area contributed by atoms with Crippen molar-refractivity contribution in [1.29, 1.82) is 0 Å². The van der Waals surface area contributed by atoms with Gasteiger partial charge >= 0.3 is 0 Å². The summed E-state index contributed by atoms with van der Waals surface area (Å²) >= 11 is 0. The fourth-order valence-corrected chi connectivity index (χ4v) is 1.46. The summed E-state index contributed by atoms with van der Waals surface area (Å²) in [5, 5.41) is 8.96. The van der Waals surface area contributed by atoms with E-state index in [1.54, 1.807) is 0 Å². The molecule has 78 valence electrons. The summed E-state index contributed by atoms with van der Waals surface area (Å²) in [5.74, 6) is 0. The highest BCUT2D eigenvalue weighted by atomic mass is 16.2. The van der Waals surface area contributed by atoms with Gasteiger partial charge in [-0.1, -0.05) is 39.5 Å². The summed E-state index contributed by atoms with van der Waals surface area (Å²) in [7, 11) is 0. The number of rotatable bonds is 8. The molecule has 0 rings (SSSR count). The maximum absolute atomic E-state index is 8.96. The molecule has 0 spiro atoms. The Morgan fingerprint density at radius 2 is 1.38 bits per heavy atom. The van der Waals surface area contributed by atoms with Crippen molar-refractivity contribution in [1.82, 2.24) is 0 Å². The minimum atomic E-state index is 1.09. The van der Waals surface area contributed by atoms with Crippen LogP contribution in [-0.4, -0.2) is 5.11 Å². The van der Waals surface area contributed by atoms with E-state index < -0.39 is 0 Å². The Balaban J connectivity index is 3.41. The van der Waals surface area contributed by atoms with Crippen molar-refractivity contribution in [2.24, 2.45) is 0 Å². The molecule has 0 unspecified atom stereocenters. The Labute approximate surface area is 82.9 Å². The lowest BCUT2D eigenvalue weighted by atomic mass is 10.0. The SMILES string of the molecule is CCCCCC(=CO)CCCCC. The van der Waals surface area contributed by atoms with Gasteiger partial charge in [0.05, 0.1) is 6.26 Å². The van der Waals surface area contributed by atoms with Gasteiger partial charge in [-0.25, -0.2) is 0 Å². The van der Waals surface area contributed by atoms with Crippen LogP contribution in [0.25, 0.3) is 0 Å². The van der Waals surface area contributed by atoms with Gasteiger partial charge in [-0.15, -0.1) is 0 Å². The van der Waals surface area contributed by atoms with Crippen LogP contribution in [0.2, 0.25) is 0 Å². The van der Waals surface area contributed by atoms with E-state index in [2.05, 4.69) is 13.8 Å². The van der Waals surface area contributed by atoms with E-state index >= 15 is 0 Å². The normalized spacial score (nSPS) is 10.0. The highest BCUT2D eigenvalue weighted by molar-refractivity contribution is 4.96. The number of aliphatic hydroxyl groups excluding tert-OH is 1. The molecule has 0 aromatic carbocycles. The third kappa shape index (κ3) is 7.89. The molecule has 0 saturated carbocycles. The molecule has 1 nitrogen and oxygen atoms in total. The number of hydrogen-bond donors (Lipinski definition) is 1. The molecule has 0 amide bonds. The van der Waals surface area contributed by atoms with Crippen molar-refractivity contribution in [2.75, 3.05) is 0 Å². The van der Waals surface area contributed by atoms with Crippen LogP contribution in [0.4, 0.5) is 0 Å². The lowest BCUT2D eigenvalue weighted by Gasteiger charge is -2.04. The van der Waals surface area contributed by atoms with E-state index in [4.69, 9.17) is 5.11 Å². The summed E-state index contributed by atoms with van der Waals surface area (Å²) in [4.78, 5) is 0. The molecular weight excluding hydrogens is 160 g/mol. The smallest absolute Gasteiger partial charge is 0.0783 e. The largest absolute Gasteiger partial charge is 0.516 e. The van der Waals surface area contributed by atoms with Crippen LogP contribution in [0.1, 0.15) is 65.2 Å². The van der Waals surface area contributed by atoms with Gasteiger partial charge in [-0.3, -0.25) is 0 Å². The molecule has 1 heteroatoms. The monoisotopic (exact) mass is 184 g/mol. The van der Waals surface area contributed by atoms with Crippen molar-refractivity contribution >= 4 is 0 Å². The molecule has 0 aromatic rings. The minimum Gasteiger partial charge on any atom is -0.516 e. The van der Waals surface area contributed by atoms with Gasteiger partial charge in [0.25, 0.3) is 0 Å². The van der Waals surface area contributed by atoms with Crippen molar-refractivity contribution in [3.63, 3.8) is 0 Å². The average molecular weight is 184 g/mol. The summed E-state index contributed by atoms with van der Waals surface area (Å²) in [6.45, 7) is 4.42. The van der Waals surface area contributed by atoms with Crippen molar-refractivity contribution in [3.05, 3.63) is 11.8 Å². The van der Waals surface area contributed by atoms with Gasteiger partial charge in [0, 0.05) is 0 Å². The van der Waals surface area contributed by atoms with Gasteiger partial charge in [0.1, 0.15) is 0 Å². The van der Waals surface area contributed by atoms with Gasteiger partial charge in [0.2, 0.25) is 0 Å². The van der Waals surface area contributed by atoms with Gasteiger partial charge in [-0.05, 0) is 31.3 Å².